The number of hydrogen-bond acceptors (Lipinski definition) is 2. The van der Waals surface area contributed by atoms with Gasteiger partial charge in [-0.25, -0.2) is 4.79 Å². The van der Waals surface area contributed by atoms with E-state index >= 15 is 0 Å². The Labute approximate surface area is 128 Å². The topological polar surface area (TPSA) is 53.2 Å². The zero-order valence-electron chi connectivity index (χ0n) is 13.9. The van der Waals surface area contributed by atoms with Gasteiger partial charge in [0.25, 0.3) is 0 Å². The van der Waals surface area contributed by atoms with Crippen molar-refractivity contribution in [3.05, 3.63) is 29.8 Å². The van der Waals surface area contributed by atoms with Crippen LogP contribution in [0.1, 0.15) is 46.6 Å². The smallest absolute Gasteiger partial charge is 0.319 e. The number of benzene rings is 1. The molecule has 0 saturated heterocycles. The first-order chi connectivity index (χ1) is 9.79. The van der Waals surface area contributed by atoms with Gasteiger partial charge in [0.1, 0.15) is 0 Å². The lowest BCUT2D eigenvalue weighted by Crippen LogP contribution is -2.32. The van der Waals surface area contributed by atoms with Crippen molar-refractivity contribution in [3.63, 3.8) is 0 Å². The molecule has 1 aromatic rings. The summed E-state index contributed by atoms with van der Waals surface area (Å²) in [6.45, 7) is 12.3. The van der Waals surface area contributed by atoms with Crippen LogP contribution in [0.3, 0.4) is 0 Å². The van der Waals surface area contributed by atoms with Gasteiger partial charge < -0.3 is 16.0 Å². The van der Waals surface area contributed by atoms with Gasteiger partial charge in [-0.2, -0.15) is 0 Å². The highest BCUT2D eigenvalue weighted by molar-refractivity contribution is 5.89. The fourth-order valence-electron chi connectivity index (χ4n) is 1.91. The summed E-state index contributed by atoms with van der Waals surface area (Å²) in [5.41, 5.74) is 2.21. The molecule has 21 heavy (non-hydrogen) atoms. The lowest BCUT2D eigenvalue weighted by molar-refractivity contribution is 0.252. The van der Waals surface area contributed by atoms with E-state index in [0.717, 1.165) is 18.7 Å². The Morgan fingerprint density at radius 3 is 2.24 bits per heavy atom. The zero-order valence-corrected chi connectivity index (χ0v) is 13.9. The van der Waals surface area contributed by atoms with Crippen molar-refractivity contribution in [1.29, 1.82) is 0 Å². The van der Waals surface area contributed by atoms with Gasteiger partial charge in [0.05, 0.1) is 0 Å². The normalized spacial score (nSPS) is 11.5. The molecule has 118 valence electrons. The van der Waals surface area contributed by atoms with Crippen molar-refractivity contribution < 1.29 is 4.79 Å². The minimum atomic E-state index is -0.150. The first-order valence-electron chi connectivity index (χ1n) is 7.68. The third kappa shape index (κ3) is 7.14. The van der Waals surface area contributed by atoms with E-state index in [1.165, 1.54) is 5.56 Å². The third-order valence-electron chi connectivity index (χ3n) is 3.20. The number of nitrogens with one attached hydrogen (secondary N) is 3. The van der Waals surface area contributed by atoms with Gasteiger partial charge in [0.2, 0.25) is 0 Å². The Bertz CT molecular complexity index is 432. The number of anilines is 1. The van der Waals surface area contributed by atoms with E-state index < -0.39 is 0 Å². The van der Waals surface area contributed by atoms with Gasteiger partial charge in [0, 0.05) is 18.3 Å². The van der Waals surface area contributed by atoms with Crippen LogP contribution in [0.2, 0.25) is 0 Å². The number of rotatable bonds is 6. The summed E-state index contributed by atoms with van der Waals surface area (Å²) in [7, 11) is 0. The number of urea groups is 1. The molecule has 4 heteroatoms. The van der Waals surface area contributed by atoms with Crippen LogP contribution in [0, 0.1) is 0 Å². The van der Waals surface area contributed by atoms with Crippen LogP contribution in [0.4, 0.5) is 10.5 Å². The fourth-order valence-corrected chi connectivity index (χ4v) is 1.91. The van der Waals surface area contributed by atoms with Crippen LogP contribution in [0.5, 0.6) is 0 Å². The molecule has 0 unspecified atom stereocenters. The number of carbonyl (C=O) groups excluding carboxylic acids is 1. The molecule has 0 aliphatic heterocycles. The van der Waals surface area contributed by atoms with Crippen molar-refractivity contribution in [1.82, 2.24) is 10.6 Å². The van der Waals surface area contributed by atoms with Crippen LogP contribution in [0.15, 0.2) is 24.3 Å². The summed E-state index contributed by atoms with van der Waals surface area (Å²) in [5.74, 6) is 0. The molecule has 1 rings (SSSR count). The Morgan fingerprint density at radius 2 is 1.71 bits per heavy atom. The predicted octanol–water partition coefficient (Wildman–Crippen LogP) is 3.49. The largest absolute Gasteiger partial charge is 0.338 e. The Balaban J connectivity index is 2.31. The molecule has 0 fully saturated rings. The monoisotopic (exact) mass is 291 g/mol. The van der Waals surface area contributed by atoms with Gasteiger partial charge >= 0.3 is 6.03 Å². The van der Waals surface area contributed by atoms with Crippen LogP contribution in [0.25, 0.3) is 0 Å². The number of carbonyl (C=O) groups is 1. The molecular weight excluding hydrogens is 262 g/mol. The molecule has 0 spiro atoms. The highest BCUT2D eigenvalue weighted by Crippen LogP contribution is 2.23. The maximum atomic E-state index is 11.7. The molecule has 0 aliphatic rings. The molecule has 0 aliphatic carbocycles. The van der Waals surface area contributed by atoms with E-state index in [9.17, 15) is 4.79 Å². The summed E-state index contributed by atoms with van der Waals surface area (Å²) in [6, 6.07) is 8.34. The van der Waals surface area contributed by atoms with E-state index in [1.54, 1.807) is 0 Å². The maximum absolute atomic E-state index is 11.7. The van der Waals surface area contributed by atoms with Crippen molar-refractivity contribution in [2.24, 2.45) is 0 Å². The van der Waals surface area contributed by atoms with E-state index in [1.807, 2.05) is 12.1 Å². The van der Waals surface area contributed by atoms with Crippen LogP contribution in [-0.2, 0) is 5.41 Å². The molecule has 1 aromatic carbocycles. The Hall–Kier alpha value is -1.55. The van der Waals surface area contributed by atoms with Gasteiger partial charge in [-0.15, -0.1) is 0 Å². The van der Waals surface area contributed by atoms with E-state index in [0.29, 0.717) is 12.6 Å². The van der Waals surface area contributed by atoms with Crippen molar-refractivity contribution in [2.45, 2.75) is 52.5 Å². The number of hydrogen-bond donors (Lipinski definition) is 3. The summed E-state index contributed by atoms with van der Waals surface area (Å²) >= 11 is 0. The van der Waals surface area contributed by atoms with Crippen molar-refractivity contribution in [3.8, 4) is 0 Å². The molecular formula is C17H29N3O. The van der Waals surface area contributed by atoms with Crippen LogP contribution in [-0.4, -0.2) is 25.2 Å². The van der Waals surface area contributed by atoms with Crippen molar-refractivity contribution >= 4 is 11.7 Å². The van der Waals surface area contributed by atoms with Gasteiger partial charge in [0.15, 0.2) is 0 Å². The van der Waals surface area contributed by atoms with Crippen molar-refractivity contribution in [2.75, 3.05) is 18.4 Å². The first-order valence-corrected chi connectivity index (χ1v) is 7.68. The SMILES string of the molecule is CC(C)NCCCNC(=O)Nc1ccc(C(C)(C)C)cc1. The summed E-state index contributed by atoms with van der Waals surface area (Å²) < 4.78 is 0. The lowest BCUT2D eigenvalue weighted by atomic mass is 9.87. The molecule has 3 N–H and O–H groups in total. The number of amides is 2. The van der Waals surface area contributed by atoms with Crippen LogP contribution >= 0.6 is 0 Å². The quantitative estimate of drug-likeness (QED) is 0.703. The highest BCUT2D eigenvalue weighted by Gasteiger charge is 2.13. The average molecular weight is 291 g/mol. The standard InChI is InChI=1S/C17H29N3O/c1-13(2)18-11-6-12-19-16(21)20-15-9-7-14(8-10-15)17(3,4)5/h7-10,13,18H,6,11-12H2,1-5H3,(H2,19,20,21). The molecule has 2 amide bonds. The minimum absolute atomic E-state index is 0.129. The summed E-state index contributed by atoms with van der Waals surface area (Å²) in [5, 5.41) is 9.03. The predicted molar refractivity (Wildman–Crippen MR) is 89.9 cm³/mol. The van der Waals surface area contributed by atoms with Gasteiger partial charge in [-0.1, -0.05) is 46.8 Å². The van der Waals surface area contributed by atoms with E-state index in [-0.39, 0.29) is 11.4 Å². The minimum Gasteiger partial charge on any atom is -0.338 e. The maximum Gasteiger partial charge on any atom is 0.319 e. The molecule has 0 radical (unpaired) electrons. The third-order valence-corrected chi connectivity index (χ3v) is 3.20. The molecule has 4 nitrogen and oxygen atoms in total. The lowest BCUT2D eigenvalue weighted by Gasteiger charge is -2.19. The molecule has 0 atom stereocenters. The summed E-state index contributed by atoms with van der Waals surface area (Å²) in [6.07, 6.45) is 0.925. The molecule has 0 saturated carbocycles. The highest BCUT2D eigenvalue weighted by atomic mass is 16.2. The van der Waals surface area contributed by atoms with E-state index in [4.69, 9.17) is 0 Å². The van der Waals surface area contributed by atoms with Crippen LogP contribution < -0.4 is 16.0 Å². The van der Waals surface area contributed by atoms with E-state index in [2.05, 4.69) is 62.7 Å². The molecule has 0 bridgehead atoms. The average Bonchev–Trinajstić information content (AvgIpc) is 2.37. The summed E-state index contributed by atoms with van der Waals surface area (Å²) in [4.78, 5) is 11.7. The Kier molecular flexibility index (Phi) is 6.69. The zero-order chi connectivity index (χ0) is 15.9. The fraction of sp³-hybridized carbons (Fsp3) is 0.588. The second kappa shape index (κ2) is 8.03. The second-order valence-electron chi connectivity index (χ2n) is 6.67. The second-order valence-corrected chi connectivity index (χ2v) is 6.67. The first kappa shape index (κ1) is 17.5. The molecule has 0 heterocycles. The Morgan fingerprint density at radius 1 is 1.10 bits per heavy atom. The van der Waals surface area contributed by atoms with Gasteiger partial charge in [-0.3, -0.25) is 0 Å². The van der Waals surface area contributed by atoms with Gasteiger partial charge in [-0.05, 0) is 36.1 Å². The molecule has 0 aromatic heterocycles.